The summed E-state index contributed by atoms with van der Waals surface area (Å²) in [4.78, 5) is 8.92. The lowest BCUT2D eigenvalue weighted by atomic mass is 9.96. The van der Waals surface area contributed by atoms with E-state index in [0.717, 1.165) is 0 Å². The van der Waals surface area contributed by atoms with Gasteiger partial charge >= 0.3 is 0 Å². The summed E-state index contributed by atoms with van der Waals surface area (Å²) in [5.41, 5.74) is 0. The van der Waals surface area contributed by atoms with E-state index in [9.17, 15) is 8.42 Å². The van der Waals surface area contributed by atoms with Gasteiger partial charge in [0.2, 0.25) is 0 Å². The van der Waals surface area contributed by atoms with Crippen LogP contribution in [0.2, 0.25) is 0 Å². The molecule has 0 bridgehead atoms. The molecule has 0 aromatic rings. The lowest BCUT2D eigenvalue weighted by Gasteiger charge is -2.17. The average Bonchev–Trinajstić information content (AvgIpc) is 2.39. The van der Waals surface area contributed by atoms with Gasteiger partial charge in [-0.25, -0.2) is 9.98 Å². The third-order valence-corrected chi connectivity index (χ3v) is 3.63. The fourth-order valence-corrected chi connectivity index (χ4v) is 2.62. The molecule has 2 rings (SSSR count). The zero-order valence-corrected chi connectivity index (χ0v) is 13.1. The minimum Gasteiger partial charge on any atom is -0.286 e. The molecule has 2 saturated carbocycles. The van der Waals surface area contributed by atoms with Crippen LogP contribution in [0.1, 0.15) is 64.2 Å². The van der Waals surface area contributed by atoms with Crippen molar-refractivity contribution >= 4 is 16.1 Å². The largest absolute Gasteiger partial charge is 0.286 e. The first-order valence-corrected chi connectivity index (χ1v) is 9.37. The van der Waals surface area contributed by atoms with Crippen molar-refractivity contribution in [1.82, 2.24) is 0 Å². The van der Waals surface area contributed by atoms with Crippen molar-refractivity contribution < 1.29 is 13.0 Å². The second kappa shape index (κ2) is 9.27. The van der Waals surface area contributed by atoms with Gasteiger partial charge in [-0.2, -0.15) is 8.42 Å². The molecule has 0 atom stereocenters. The topological polar surface area (TPSA) is 79.1 Å². The van der Waals surface area contributed by atoms with E-state index >= 15 is 0 Å². The van der Waals surface area contributed by atoms with E-state index in [1.54, 1.807) is 0 Å². The second-order valence-corrected chi connectivity index (χ2v) is 7.14. The van der Waals surface area contributed by atoms with Crippen LogP contribution in [0.15, 0.2) is 9.98 Å². The van der Waals surface area contributed by atoms with Crippen molar-refractivity contribution in [2.24, 2.45) is 9.98 Å². The van der Waals surface area contributed by atoms with Gasteiger partial charge in [-0.05, 0) is 25.7 Å². The van der Waals surface area contributed by atoms with E-state index in [2.05, 4.69) is 16.0 Å². The standard InChI is InChI=1S/C13H22N2.CH4O3S/c1-3-7-12(8-4-1)14-11-15-13-9-5-2-6-10-13;1-5(2,3)4/h12-13H,1-10H2;1H3,(H,2,3,4). The van der Waals surface area contributed by atoms with E-state index in [-0.39, 0.29) is 0 Å². The minimum absolute atomic E-state index is 0.533. The van der Waals surface area contributed by atoms with Crippen LogP contribution in [0.5, 0.6) is 0 Å². The molecule has 0 spiro atoms. The summed E-state index contributed by atoms with van der Waals surface area (Å²) in [5.74, 6) is 0. The summed E-state index contributed by atoms with van der Waals surface area (Å²) >= 11 is 0. The van der Waals surface area contributed by atoms with E-state index in [1.165, 1.54) is 64.2 Å². The van der Waals surface area contributed by atoms with Crippen LogP contribution in [0.4, 0.5) is 0 Å². The van der Waals surface area contributed by atoms with Crippen LogP contribution in [0.25, 0.3) is 0 Å². The molecule has 20 heavy (non-hydrogen) atoms. The molecular formula is C14H26N2O3S. The van der Waals surface area contributed by atoms with Gasteiger partial charge in [-0.1, -0.05) is 38.5 Å². The summed E-state index contributed by atoms with van der Waals surface area (Å²) < 4.78 is 25.9. The summed E-state index contributed by atoms with van der Waals surface area (Å²) in [6.07, 6.45) is 13.9. The molecule has 2 fully saturated rings. The summed E-state index contributed by atoms with van der Waals surface area (Å²) in [5, 5.41) is 0. The number of nitrogens with zero attached hydrogens (tertiary/aromatic N) is 2. The first-order chi connectivity index (χ1) is 9.45. The Morgan fingerprint density at radius 1 is 0.850 bits per heavy atom. The lowest BCUT2D eigenvalue weighted by Crippen LogP contribution is -2.10. The molecule has 0 aliphatic heterocycles. The molecule has 1 N–H and O–H groups in total. The van der Waals surface area contributed by atoms with Crippen molar-refractivity contribution in [2.45, 2.75) is 76.3 Å². The second-order valence-electron chi connectivity index (χ2n) is 5.67. The van der Waals surface area contributed by atoms with E-state index in [4.69, 9.17) is 4.55 Å². The van der Waals surface area contributed by atoms with Crippen LogP contribution in [-0.2, 0) is 10.1 Å². The third kappa shape index (κ3) is 10.1. The Kier molecular flexibility index (Phi) is 8.04. The summed E-state index contributed by atoms with van der Waals surface area (Å²) in [6.45, 7) is 0. The highest BCUT2D eigenvalue weighted by molar-refractivity contribution is 7.85. The zero-order chi connectivity index (χ0) is 14.8. The van der Waals surface area contributed by atoms with Crippen molar-refractivity contribution in [2.75, 3.05) is 6.26 Å². The monoisotopic (exact) mass is 302 g/mol. The van der Waals surface area contributed by atoms with Gasteiger partial charge in [0.25, 0.3) is 10.1 Å². The van der Waals surface area contributed by atoms with E-state index < -0.39 is 10.1 Å². The molecule has 0 amide bonds. The predicted molar refractivity (Wildman–Crippen MR) is 81.1 cm³/mol. The molecular weight excluding hydrogens is 276 g/mol. The summed E-state index contributed by atoms with van der Waals surface area (Å²) in [6, 6.07) is 4.04. The van der Waals surface area contributed by atoms with Gasteiger partial charge in [0.05, 0.1) is 24.3 Å². The van der Waals surface area contributed by atoms with Crippen molar-refractivity contribution in [1.29, 1.82) is 0 Å². The number of hydrogen-bond donors (Lipinski definition) is 1. The Balaban J connectivity index is 0.000000347. The molecule has 0 unspecified atom stereocenters. The predicted octanol–water partition coefficient (Wildman–Crippen LogP) is 3.33. The van der Waals surface area contributed by atoms with Crippen molar-refractivity contribution in [3.8, 4) is 0 Å². The first-order valence-electron chi connectivity index (χ1n) is 7.52. The molecule has 2 aliphatic carbocycles. The Hall–Kier alpha value is -0.710. The highest BCUT2D eigenvalue weighted by Gasteiger charge is 2.12. The van der Waals surface area contributed by atoms with Gasteiger partial charge in [0.15, 0.2) is 0 Å². The smallest absolute Gasteiger partial charge is 0.261 e. The molecule has 0 radical (unpaired) electrons. The van der Waals surface area contributed by atoms with E-state index in [0.29, 0.717) is 18.3 Å². The molecule has 5 nitrogen and oxygen atoms in total. The lowest BCUT2D eigenvalue weighted by molar-refractivity contribution is 0.438. The number of hydrogen-bond acceptors (Lipinski definition) is 4. The highest BCUT2D eigenvalue weighted by Crippen LogP contribution is 2.21. The Bertz CT molecular complexity index is 386. The molecule has 0 heterocycles. The number of aliphatic imine (C=N–C) groups is 2. The molecule has 0 aromatic carbocycles. The van der Waals surface area contributed by atoms with Gasteiger partial charge < -0.3 is 0 Å². The SMILES string of the molecule is C(=NC1CCCCC1)=NC1CCCCC1.CS(=O)(=O)O. The Morgan fingerprint density at radius 2 is 1.15 bits per heavy atom. The van der Waals surface area contributed by atoms with Crippen LogP contribution < -0.4 is 0 Å². The third-order valence-electron chi connectivity index (χ3n) is 3.63. The summed E-state index contributed by atoms with van der Waals surface area (Å²) in [7, 11) is -3.67. The normalized spacial score (nSPS) is 21.3. The van der Waals surface area contributed by atoms with Crippen LogP contribution >= 0.6 is 0 Å². The minimum atomic E-state index is -3.67. The molecule has 6 heteroatoms. The van der Waals surface area contributed by atoms with Crippen LogP contribution in [0.3, 0.4) is 0 Å². The maximum absolute atomic E-state index is 9.19. The zero-order valence-electron chi connectivity index (χ0n) is 12.3. The Morgan fingerprint density at radius 3 is 1.45 bits per heavy atom. The van der Waals surface area contributed by atoms with Gasteiger partial charge in [0, 0.05) is 0 Å². The fourth-order valence-electron chi connectivity index (χ4n) is 2.62. The maximum atomic E-state index is 9.19. The average molecular weight is 302 g/mol. The fraction of sp³-hybridized carbons (Fsp3) is 0.929. The quantitative estimate of drug-likeness (QED) is 0.627. The number of rotatable bonds is 2. The molecule has 0 saturated heterocycles. The first kappa shape index (κ1) is 17.3. The molecule has 0 aromatic heterocycles. The maximum Gasteiger partial charge on any atom is 0.261 e. The molecule has 2 aliphatic rings. The van der Waals surface area contributed by atoms with Crippen molar-refractivity contribution in [3.05, 3.63) is 0 Å². The van der Waals surface area contributed by atoms with Crippen LogP contribution in [-0.4, -0.2) is 37.3 Å². The highest BCUT2D eigenvalue weighted by atomic mass is 32.2. The van der Waals surface area contributed by atoms with Crippen LogP contribution in [0, 0.1) is 0 Å². The van der Waals surface area contributed by atoms with E-state index in [1.807, 2.05) is 0 Å². The van der Waals surface area contributed by atoms with Gasteiger partial charge in [-0.15, -0.1) is 0 Å². The van der Waals surface area contributed by atoms with Crippen molar-refractivity contribution in [3.63, 3.8) is 0 Å². The molecule has 116 valence electrons. The van der Waals surface area contributed by atoms with Gasteiger partial charge in [-0.3, -0.25) is 4.55 Å². The van der Waals surface area contributed by atoms with Gasteiger partial charge in [0.1, 0.15) is 0 Å². The Labute approximate surface area is 122 Å².